The van der Waals surface area contributed by atoms with Crippen LogP contribution in [0.1, 0.15) is 18.1 Å². The van der Waals surface area contributed by atoms with E-state index in [2.05, 4.69) is 37.3 Å². The van der Waals surface area contributed by atoms with E-state index in [1.807, 2.05) is 0 Å². The summed E-state index contributed by atoms with van der Waals surface area (Å²) in [5, 5.41) is 42.9. The zero-order valence-electron chi connectivity index (χ0n) is 16.3. The van der Waals surface area contributed by atoms with Gasteiger partial charge in [-0.25, -0.2) is 0 Å². The number of phenols is 1. The SMILES string of the molecule is CCc1ccc2c3c(ccc2c1)OCC3.O=[N+]([O-])c1cc([N+](=O)[O-])c(O)c([N+](=O)[O-])c1. The molecule has 31 heavy (non-hydrogen) atoms. The van der Waals surface area contributed by atoms with Gasteiger partial charge in [-0.05, 0) is 28.8 Å². The number of nitro benzene ring substituents is 3. The van der Waals surface area contributed by atoms with Gasteiger partial charge in [0.2, 0.25) is 0 Å². The molecule has 0 bridgehead atoms. The maximum Gasteiger partial charge on any atom is 0.324 e. The highest BCUT2D eigenvalue weighted by Gasteiger charge is 2.30. The molecule has 4 rings (SSSR count). The van der Waals surface area contributed by atoms with Crippen molar-refractivity contribution in [3.63, 3.8) is 0 Å². The number of aryl methyl sites for hydroxylation is 1. The molecule has 0 radical (unpaired) electrons. The van der Waals surface area contributed by atoms with Crippen molar-refractivity contribution in [2.24, 2.45) is 0 Å². The highest BCUT2D eigenvalue weighted by atomic mass is 16.6. The van der Waals surface area contributed by atoms with Gasteiger partial charge in [-0.1, -0.05) is 31.2 Å². The average molecular weight is 427 g/mol. The number of hydrogen-bond donors (Lipinski definition) is 1. The number of fused-ring (bicyclic) bond motifs is 3. The first-order valence-electron chi connectivity index (χ1n) is 9.20. The summed E-state index contributed by atoms with van der Waals surface area (Å²) in [6.45, 7) is 3.03. The van der Waals surface area contributed by atoms with Crippen LogP contribution in [0.15, 0.2) is 42.5 Å². The molecule has 0 spiro atoms. The predicted octanol–water partition coefficient (Wildman–Crippen LogP) is 4.45. The number of ether oxygens (including phenoxy) is 1. The lowest BCUT2D eigenvalue weighted by molar-refractivity contribution is -0.404. The van der Waals surface area contributed by atoms with Crippen LogP contribution in [-0.4, -0.2) is 26.5 Å². The molecule has 0 unspecified atom stereocenters. The highest BCUT2D eigenvalue weighted by molar-refractivity contribution is 5.88. The van der Waals surface area contributed by atoms with Gasteiger partial charge in [0.25, 0.3) is 11.4 Å². The van der Waals surface area contributed by atoms with E-state index >= 15 is 0 Å². The molecule has 11 nitrogen and oxygen atoms in total. The van der Waals surface area contributed by atoms with E-state index in [4.69, 9.17) is 9.84 Å². The molecule has 1 aliphatic rings. The van der Waals surface area contributed by atoms with Crippen LogP contribution in [0.25, 0.3) is 10.8 Å². The quantitative estimate of drug-likeness (QED) is 0.472. The third-order valence-corrected chi connectivity index (χ3v) is 4.83. The van der Waals surface area contributed by atoms with Gasteiger partial charge in [-0.15, -0.1) is 0 Å². The summed E-state index contributed by atoms with van der Waals surface area (Å²) in [5.74, 6) is -0.132. The molecule has 3 aromatic rings. The first-order chi connectivity index (χ1) is 14.7. The minimum Gasteiger partial charge on any atom is -0.497 e. The Hall–Kier alpha value is -4.28. The van der Waals surface area contributed by atoms with E-state index in [9.17, 15) is 30.3 Å². The van der Waals surface area contributed by atoms with Gasteiger partial charge in [0.05, 0.1) is 33.5 Å². The Morgan fingerprint density at radius 3 is 2.13 bits per heavy atom. The fraction of sp³-hybridized carbons (Fsp3) is 0.200. The lowest BCUT2D eigenvalue weighted by atomic mass is 10.00. The summed E-state index contributed by atoms with van der Waals surface area (Å²) in [7, 11) is 0. The van der Waals surface area contributed by atoms with Crippen LogP contribution in [0.4, 0.5) is 17.1 Å². The molecule has 0 saturated heterocycles. The Morgan fingerprint density at radius 2 is 1.58 bits per heavy atom. The van der Waals surface area contributed by atoms with Crippen LogP contribution in [0.2, 0.25) is 0 Å². The molecule has 0 atom stereocenters. The Labute approximate surface area is 174 Å². The minimum atomic E-state index is -1.21. The van der Waals surface area contributed by atoms with Crippen LogP contribution in [-0.2, 0) is 12.8 Å². The molecule has 0 fully saturated rings. The van der Waals surface area contributed by atoms with Gasteiger partial charge in [0.1, 0.15) is 5.75 Å². The third-order valence-electron chi connectivity index (χ3n) is 4.83. The van der Waals surface area contributed by atoms with Gasteiger partial charge in [0, 0.05) is 12.0 Å². The van der Waals surface area contributed by atoms with Crippen molar-refractivity contribution in [3.8, 4) is 11.5 Å². The molecule has 11 heteroatoms. The number of rotatable bonds is 4. The van der Waals surface area contributed by atoms with Gasteiger partial charge in [-0.2, -0.15) is 0 Å². The van der Waals surface area contributed by atoms with E-state index in [1.165, 1.54) is 21.9 Å². The van der Waals surface area contributed by atoms with Crippen molar-refractivity contribution in [2.45, 2.75) is 19.8 Å². The molecule has 1 heterocycles. The zero-order chi connectivity index (χ0) is 22.7. The standard InChI is InChI=1S/C14H14O.C6H3N3O7/c1-2-10-3-5-12-11(9-10)4-6-14-13(12)7-8-15-14;10-6-4(8(13)14)1-3(7(11)12)2-5(6)9(15)16/h3-6,9H,2,7-8H2,1H3;1-2,10H. The number of hydrogen-bond acceptors (Lipinski definition) is 8. The van der Waals surface area contributed by atoms with E-state index in [0.717, 1.165) is 25.2 Å². The third kappa shape index (κ3) is 4.34. The second-order valence-electron chi connectivity index (χ2n) is 6.65. The van der Waals surface area contributed by atoms with Crippen molar-refractivity contribution in [1.29, 1.82) is 0 Å². The summed E-state index contributed by atoms with van der Waals surface area (Å²) < 4.78 is 5.56. The molecule has 3 aromatic carbocycles. The first kappa shape index (κ1) is 21.4. The van der Waals surface area contributed by atoms with Crippen LogP contribution in [0.5, 0.6) is 11.5 Å². The van der Waals surface area contributed by atoms with Crippen molar-refractivity contribution in [1.82, 2.24) is 0 Å². The molecule has 0 saturated carbocycles. The number of phenolic OH excluding ortho intramolecular Hbond substituents is 1. The Kier molecular flexibility index (Phi) is 5.95. The summed E-state index contributed by atoms with van der Waals surface area (Å²) in [6, 6.07) is 11.9. The van der Waals surface area contributed by atoms with E-state index in [1.54, 1.807) is 0 Å². The predicted molar refractivity (Wildman–Crippen MR) is 111 cm³/mol. The summed E-state index contributed by atoms with van der Waals surface area (Å²) in [6.07, 6.45) is 2.15. The van der Waals surface area contributed by atoms with E-state index in [0.29, 0.717) is 12.1 Å². The van der Waals surface area contributed by atoms with Crippen molar-refractivity contribution in [2.75, 3.05) is 6.61 Å². The highest BCUT2D eigenvalue weighted by Crippen LogP contribution is 2.39. The largest absolute Gasteiger partial charge is 0.497 e. The maximum absolute atomic E-state index is 10.4. The second kappa shape index (κ2) is 8.61. The molecule has 0 aliphatic carbocycles. The Balaban J connectivity index is 0.000000176. The number of nitro groups is 3. The lowest BCUT2D eigenvalue weighted by Crippen LogP contribution is -1.97. The van der Waals surface area contributed by atoms with Crippen LogP contribution in [0.3, 0.4) is 0 Å². The molecule has 0 aromatic heterocycles. The fourth-order valence-electron chi connectivity index (χ4n) is 3.27. The second-order valence-corrected chi connectivity index (χ2v) is 6.65. The smallest absolute Gasteiger partial charge is 0.324 e. The van der Waals surface area contributed by atoms with Crippen molar-refractivity contribution >= 4 is 27.8 Å². The number of nitrogens with zero attached hydrogens (tertiary/aromatic N) is 3. The molecular formula is C20H17N3O8. The summed E-state index contributed by atoms with van der Waals surface area (Å²) in [5.41, 5.74) is -0.213. The topological polar surface area (TPSA) is 159 Å². The van der Waals surface area contributed by atoms with Gasteiger partial charge in [0.15, 0.2) is 0 Å². The number of aromatic hydroxyl groups is 1. The van der Waals surface area contributed by atoms with Crippen molar-refractivity contribution < 1.29 is 24.6 Å². The molecular weight excluding hydrogens is 410 g/mol. The van der Waals surface area contributed by atoms with Gasteiger partial charge in [-0.3, -0.25) is 30.3 Å². The molecule has 160 valence electrons. The van der Waals surface area contributed by atoms with E-state index in [-0.39, 0.29) is 0 Å². The number of benzene rings is 3. The number of non-ortho nitro benzene ring substituents is 1. The lowest BCUT2D eigenvalue weighted by Gasteiger charge is -2.05. The Bertz CT molecular complexity index is 1170. The maximum atomic E-state index is 10.4. The first-order valence-corrected chi connectivity index (χ1v) is 9.20. The monoisotopic (exact) mass is 427 g/mol. The summed E-state index contributed by atoms with van der Waals surface area (Å²) in [4.78, 5) is 27.8. The molecule has 1 aliphatic heterocycles. The normalized spacial score (nSPS) is 11.8. The average Bonchev–Trinajstić information content (AvgIpc) is 3.22. The molecule has 1 N–H and O–H groups in total. The minimum absolute atomic E-state index is 0.447. The summed E-state index contributed by atoms with van der Waals surface area (Å²) >= 11 is 0. The van der Waals surface area contributed by atoms with Crippen molar-refractivity contribution in [3.05, 3.63) is 83.9 Å². The Morgan fingerprint density at radius 1 is 0.935 bits per heavy atom. The van der Waals surface area contributed by atoms with Crippen LogP contribution < -0.4 is 4.74 Å². The fourth-order valence-corrected chi connectivity index (χ4v) is 3.27. The zero-order valence-corrected chi connectivity index (χ0v) is 16.3. The van der Waals surface area contributed by atoms with Gasteiger partial charge >= 0.3 is 11.4 Å². The van der Waals surface area contributed by atoms with E-state index < -0.39 is 37.6 Å². The van der Waals surface area contributed by atoms with Gasteiger partial charge < -0.3 is 9.84 Å². The van der Waals surface area contributed by atoms with Crippen LogP contribution >= 0.6 is 0 Å². The van der Waals surface area contributed by atoms with Crippen LogP contribution in [0, 0.1) is 30.3 Å². The molecule has 0 amide bonds.